The molecule has 3 N–H and O–H groups in total. The van der Waals surface area contributed by atoms with Gasteiger partial charge in [0.1, 0.15) is 12.6 Å². The number of fused-ring (bicyclic) bond motifs is 3. The smallest absolute Gasteiger partial charge is 0.407 e. The van der Waals surface area contributed by atoms with Crippen LogP contribution in [0.1, 0.15) is 44.2 Å². The number of rotatable bonds is 6. The van der Waals surface area contributed by atoms with Crippen LogP contribution in [0.25, 0.3) is 11.1 Å². The SMILES string of the molecule is CC(C)(C)CC(NC(=O)C#CCNC(=O)OCC1c2ccccc2-c2ccccc21)C(=O)O. The van der Waals surface area contributed by atoms with Gasteiger partial charge in [0.25, 0.3) is 5.91 Å². The lowest BCUT2D eigenvalue weighted by atomic mass is 9.88. The van der Waals surface area contributed by atoms with E-state index in [9.17, 15) is 19.5 Å². The molecule has 1 aliphatic rings. The third-order valence-corrected chi connectivity index (χ3v) is 5.29. The van der Waals surface area contributed by atoms with Crippen molar-refractivity contribution in [2.75, 3.05) is 13.2 Å². The second-order valence-electron chi connectivity index (χ2n) is 9.11. The van der Waals surface area contributed by atoms with E-state index in [-0.39, 0.29) is 30.9 Å². The molecular weight excluding hydrogens is 420 g/mol. The topological polar surface area (TPSA) is 105 Å². The maximum Gasteiger partial charge on any atom is 0.407 e. The van der Waals surface area contributed by atoms with Crippen molar-refractivity contribution in [3.05, 3.63) is 59.7 Å². The number of benzene rings is 2. The molecule has 3 rings (SSSR count). The van der Waals surface area contributed by atoms with Crippen LogP contribution in [0.4, 0.5) is 4.79 Å². The van der Waals surface area contributed by atoms with Gasteiger partial charge in [-0.3, -0.25) is 4.79 Å². The van der Waals surface area contributed by atoms with E-state index in [1.54, 1.807) is 0 Å². The van der Waals surface area contributed by atoms with E-state index in [2.05, 4.69) is 34.6 Å². The Kier molecular flexibility index (Phi) is 7.39. The number of alkyl carbamates (subject to hydrolysis) is 1. The fraction of sp³-hybridized carbons (Fsp3) is 0.346. The average Bonchev–Trinajstić information content (AvgIpc) is 3.08. The number of hydrogen-bond acceptors (Lipinski definition) is 4. The summed E-state index contributed by atoms with van der Waals surface area (Å²) in [6.07, 6.45) is -0.365. The van der Waals surface area contributed by atoms with E-state index in [1.807, 2.05) is 57.2 Å². The molecule has 1 aliphatic carbocycles. The fourth-order valence-corrected chi connectivity index (χ4v) is 3.90. The number of carboxylic acids is 1. The first-order valence-electron chi connectivity index (χ1n) is 10.8. The zero-order valence-corrected chi connectivity index (χ0v) is 19.0. The van der Waals surface area contributed by atoms with Crippen LogP contribution in [0.15, 0.2) is 48.5 Å². The minimum absolute atomic E-state index is 0.0456. The summed E-state index contributed by atoms with van der Waals surface area (Å²) in [6.45, 7) is 5.75. The first-order chi connectivity index (χ1) is 15.7. The van der Waals surface area contributed by atoms with Crippen molar-refractivity contribution >= 4 is 18.0 Å². The van der Waals surface area contributed by atoms with Crippen LogP contribution in [0.2, 0.25) is 0 Å². The van der Waals surface area contributed by atoms with Gasteiger partial charge in [-0.1, -0.05) is 75.2 Å². The summed E-state index contributed by atoms with van der Waals surface area (Å²) in [4.78, 5) is 35.4. The molecule has 1 atom stereocenters. The molecule has 2 amide bonds. The molecule has 2 aromatic rings. The van der Waals surface area contributed by atoms with Gasteiger partial charge >= 0.3 is 12.1 Å². The average molecular weight is 449 g/mol. The summed E-state index contributed by atoms with van der Waals surface area (Å²) in [6, 6.07) is 15.1. The number of carbonyl (C=O) groups is 3. The molecule has 172 valence electrons. The third kappa shape index (κ3) is 6.36. The lowest BCUT2D eigenvalue weighted by Gasteiger charge is -2.23. The molecule has 7 heteroatoms. The Morgan fingerprint density at radius 3 is 2.15 bits per heavy atom. The highest BCUT2D eigenvalue weighted by molar-refractivity contribution is 5.96. The summed E-state index contributed by atoms with van der Waals surface area (Å²) in [5.41, 5.74) is 4.25. The van der Waals surface area contributed by atoms with E-state index >= 15 is 0 Å². The van der Waals surface area contributed by atoms with Crippen molar-refractivity contribution in [2.24, 2.45) is 5.41 Å². The second kappa shape index (κ2) is 10.2. The Morgan fingerprint density at radius 1 is 1.03 bits per heavy atom. The van der Waals surface area contributed by atoms with Gasteiger partial charge < -0.3 is 20.5 Å². The number of nitrogens with one attached hydrogen (secondary N) is 2. The molecule has 0 bridgehead atoms. The third-order valence-electron chi connectivity index (χ3n) is 5.29. The Bertz CT molecular complexity index is 1060. The zero-order chi connectivity index (χ0) is 24.0. The number of carbonyl (C=O) groups excluding carboxylic acids is 2. The quantitative estimate of drug-likeness (QED) is 0.587. The van der Waals surface area contributed by atoms with Gasteiger partial charge in [-0.05, 0) is 40.0 Å². The molecule has 0 spiro atoms. The molecular formula is C26H28N2O5. The van der Waals surface area contributed by atoms with Crippen molar-refractivity contribution < 1.29 is 24.2 Å². The van der Waals surface area contributed by atoms with Crippen molar-refractivity contribution in [2.45, 2.75) is 39.2 Å². The van der Waals surface area contributed by atoms with Crippen molar-refractivity contribution in [1.29, 1.82) is 0 Å². The summed E-state index contributed by atoms with van der Waals surface area (Å²) in [5, 5.41) is 14.1. The van der Waals surface area contributed by atoms with E-state index in [4.69, 9.17) is 4.74 Å². The minimum Gasteiger partial charge on any atom is -0.480 e. The normalized spacial score (nSPS) is 13.1. The van der Waals surface area contributed by atoms with Crippen LogP contribution in [0.3, 0.4) is 0 Å². The maximum absolute atomic E-state index is 12.1. The van der Waals surface area contributed by atoms with Crippen molar-refractivity contribution in [3.63, 3.8) is 0 Å². The molecule has 0 aromatic heterocycles. The van der Waals surface area contributed by atoms with Crippen LogP contribution in [-0.4, -0.2) is 42.3 Å². The van der Waals surface area contributed by atoms with E-state index < -0.39 is 24.0 Å². The first kappa shape index (κ1) is 23.9. The van der Waals surface area contributed by atoms with Crippen LogP contribution < -0.4 is 10.6 Å². The molecule has 2 aromatic carbocycles. The van der Waals surface area contributed by atoms with Gasteiger partial charge in [-0.25, -0.2) is 9.59 Å². The highest BCUT2D eigenvalue weighted by Crippen LogP contribution is 2.44. The van der Waals surface area contributed by atoms with E-state index in [0.29, 0.717) is 0 Å². The van der Waals surface area contributed by atoms with Crippen molar-refractivity contribution in [1.82, 2.24) is 10.6 Å². The monoisotopic (exact) mass is 448 g/mol. The minimum atomic E-state index is -1.11. The predicted octanol–water partition coefficient (Wildman–Crippen LogP) is 3.53. The molecule has 1 unspecified atom stereocenters. The van der Waals surface area contributed by atoms with Crippen LogP contribution >= 0.6 is 0 Å². The summed E-state index contributed by atoms with van der Waals surface area (Å²) in [5.74, 6) is 2.95. The largest absolute Gasteiger partial charge is 0.480 e. The molecule has 7 nitrogen and oxygen atoms in total. The standard InChI is InChI=1S/C26H28N2O5/c1-26(2,3)15-22(24(30)31)28-23(29)13-8-14-27-25(32)33-16-21-19-11-6-4-9-17(19)18-10-5-7-12-20(18)21/h4-7,9-12,21-22H,14-16H2,1-3H3,(H,27,32)(H,28,29)(H,30,31). The van der Waals surface area contributed by atoms with Crippen LogP contribution in [0, 0.1) is 17.3 Å². The summed E-state index contributed by atoms with van der Waals surface area (Å²) in [7, 11) is 0. The molecule has 0 heterocycles. The Balaban J connectivity index is 1.49. The van der Waals surface area contributed by atoms with E-state index in [1.165, 1.54) is 0 Å². The number of aliphatic carboxylic acids is 1. The van der Waals surface area contributed by atoms with Crippen LogP contribution in [-0.2, 0) is 14.3 Å². The Morgan fingerprint density at radius 2 is 1.61 bits per heavy atom. The number of amides is 2. The maximum atomic E-state index is 12.1. The van der Waals surface area contributed by atoms with Crippen LogP contribution in [0.5, 0.6) is 0 Å². The van der Waals surface area contributed by atoms with Gasteiger partial charge in [0.2, 0.25) is 0 Å². The van der Waals surface area contributed by atoms with Gasteiger partial charge in [0, 0.05) is 5.92 Å². The van der Waals surface area contributed by atoms with Gasteiger partial charge in [0.05, 0.1) is 6.54 Å². The molecule has 0 saturated carbocycles. The predicted molar refractivity (Wildman–Crippen MR) is 124 cm³/mol. The number of carboxylic acid groups (broad SMARTS) is 1. The fourth-order valence-electron chi connectivity index (χ4n) is 3.90. The molecule has 0 radical (unpaired) electrons. The second-order valence-corrected chi connectivity index (χ2v) is 9.11. The van der Waals surface area contributed by atoms with E-state index in [0.717, 1.165) is 22.3 Å². The summed E-state index contributed by atoms with van der Waals surface area (Å²) >= 11 is 0. The highest BCUT2D eigenvalue weighted by Gasteiger charge is 2.29. The Hall–Kier alpha value is -3.79. The molecule has 33 heavy (non-hydrogen) atoms. The molecule has 0 fully saturated rings. The number of ether oxygens (including phenoxy) is 1. The van der Waals surface area contributed by atoms with Gasteiger partial charge in [0.15, 0.2) is 0 Å². The highest BCUT2D eigenvalue weighted by atomic mass is 16.5. The summed E-state index contributed by atoms with van der Waals surface area (Å²) < 4.78 is 5.40. The molecule has 0 aliphatic heterocycles. The zero-order valence-electron chi connectivity index (χ0n) is 19.0. The first-order valence-corrected chi connectivity index (χ1v) is 10.8. The lowest BCUT2D eigenvalue weighted by Crippen LogP contribution is -2.42. The molecule has 0 saturated heterocycles. The Labute approximate surface area is 193 Å². The van der Waals surface area contributed by atoms with Gasteiger partial charge in [-0.15, -0.1) is 0 Å². The number of hydrogen-bond donors (Lipinski definition) is 3. The van der Waals surface area contributed by atoms with Crippen molar-refractivity contribution in [3.8, 4) is 23.0 Å². The van der Waals surface area contributed by atoms with Gasteiger partial charge in [-0.2, -0.15) is 0 Å². The lowest BCUT2D eigenvalue weighted by molar-refractivity contribution is -0.142.